The second-order valence-corrected chi connectivity index (χ2v) is 6.11. The second kappa shape index (κ2) is 7.86. The standard InChI is InChI=1S/C16H17F6N3O3/c1-2-10(23)14(27)25-11-4-3-9(28-16(20,21)22)5-8(11)6-12(25)13(26)24-7-15(17,18)19/h3-5,10,12H,2,6-7,23H2,1H3,(H,24,26)/t10-,12?/m0/s1. The summed E-state index contributed by atoms with van der Waals surface area (Å²) in [5.41, 5.74) is 5.93. The third-order valence-corrected chi connectivity index (χ3v) is 4.03. The lowest BCUT2D eigenvalue weighted by Gasteiger charge is -2.27. The summed E-state index contributed by atoms with van der Waals surface area (Å²) in [6, 6.07) is 0.657. The summed E-state index contributed by atoms with van der Waals surface area (Å²) in [4.78, 5) is 25.7. The van der Waals surface area contributed by atoms with Crippen LogP contribution in [-0.4, -0.2) is 43.0 Å². The summed E-state index contributed by atoms with van der Waals surface area (Å²) in [5, 5.41) is 1.68. The summed E-state index contributed by atoms with van der Waals surface area (Å²) in [6.45, 7) is -0.0124. The van der Waals surface area contributed by atoms with E-state index in [1.165, 1.54) is 0 Å². The van der Waals surface area contributed by atoms with E-state index in [1.54, 1.807) is 12.2 Å². The van der Waals surface area contributed by atoms with Gasteiger partial charge in [0.15, 0.2) is 0 Å². The molecule has 0 aliphatic carbocycles. The lowest BCUT2D eigenvalue weighted by atomic mass is 10.1. The normalized spacial score (nSPS) is 17.9. The van der Waals surface area contributed by atoms with Crippen molar-refractivity contribution in [1.82, 2.24) is 5.32 Å². The van der Waals surface area contributed by atoms with Crippen LogP contribution in [0.5, 0.6) is 5.75 Å². The van der Waals surface area contributed by atoms with E-state index in [1.807, 2.05) is 0 Å². The van der Waals surface area contributed by atoms with E-state index < -0.39 is 48.7 Å². The predicted octanol–water partition coefficient (Wildman–Crippen LogP) is 2.26. The Morgan fingerprint density at radius 2 is 1.93 bits per heavy atom. The molecule has 0 saturated heterocycles. The molecule has 156 valence electrons. The van der Waals surface area contributed by atoms with Crippen LogP contribution in [-0.2, 0) is 16.0 Å². The molecule has 3 N–H and O–H groups in total. The Kier molecular flexibility index (Phi) is 6.12. The molecule has 1 aliphatic rings. The van der Waals surface area contributed by atoms with Crippen LogP contribution in [0.4, 0.5) is 32.0 Å². The van der Waals surface area contributed by atoms with Crippen molar-refractivity contribution in [2.45, 2.75) is 44.4 Å². The number of alkyl halides is 6. The Hall–Kier alpha value is -2.50. The molecule has 0 radical (unpaired) electrons. The molecule has 28 heavy (non-hydrogen) atoms. The average Bonchev–Trinajstić information content (AvgIpc) is 2.94. The highest BCUT2D eigenvalue weighted by Crippen LogP contribution is 2.37. The molecular formula is C16H17F6N3O3. The van der Waals surface area contributed by atoms with Crippen LogP contribution in [0.2, 0.25) is 0 Å². The molecule has 1 aromatic rings. The van der Waals surface area contributed by atoms with Gasteiger partial charge in [-0.05, 0) is 30.2 Å². The first kappa shape index (κ1) is 21.8. The largest absolute Gasteiger partial charge is 0.573 e. The molecule has 12 heteroatoms. The van der Waals surface area contributed by atoms with Crippen LogP contribution in [0.15, 0.2) is 18.2 Å². The molecule has 1 unspecified atom stereocenters. The van der Waals surface area contributed by atoms with Gasteiger partial charge in [-0.15, -0.1) is 13.2 Å². The number of rotatable bonds is 5. The number of carbonyl (C=O) groups is 2. The van der Waals surface area contributed by atoms with Gasteiger partial charge in [-0.1, -0.05) is 6.92 Å². The SMILES string of the molecule is CC[C@H](N)C(=O)N1c2ccc(OC(F)(F)F)cc2CC1C(=O)NCC(F)(F)F. The number of nitrogens with one attached hydrogen (secondary N) is 1. The minimum Gasteiger partial charge on any atom is -0.406 e. The van der Waals surface area contributed by atoms with E-state index in [2.05, 4.69) is 4.74 Å². The fourth-order valence-electron chi connectivity index (χ4n) is 2.77. The van der Waals surface area contributed by atoms with Gasteiger partial charge in [0.05, 0.1) is 6.04 Å². The van der Waals surface area contributed by atoms with Gasteiger partial charge in [-0.2, -0.15) is 13.2 Å². The monoisotopic (exact) mass is 413 g/mol. The van der Waals surface area contributed by atoms with Crippen molar-refractivity contribution in [3.8, 4) is 5.75 Å². The number of carbonyl (C=O) groups excluding carboxylic acids is 2. The van der Waals surface area contributed by atoms with Gasteiger partial charge in [-0.3, -0.25) is 14.5 Å². The number of halogens is 6. The third-order valence-electron chi connectivity index (χ3n) is 4.03. The number of nitrogens with two attached hydrogens (primary N) is 1. The minimum absolute atomic E-state index is 0.0931. The van der Waals surface area contributed by atoms with E-state index in [0.717, 1.165) is 23.1 Å². The minimum atomic E-state index is -4.95. The van der Waals surface area contributed by atoms with Gasteiger partial charge in [0.1, 0.15) is 18.3 Å². The molecule has 2 atom stereocenters. The molecule has 2 amide bonds. The molecular weight excluding hydrogens is 396 g/mol. The Balaban J connectivity index is 2.33. The van der Waals surface area contributed by atoms with E-state index in [4.69, 9.17) is 5.73 Å². The van der Waals surface area contributed by atoms with Crippen molar-refractivity contribution in [2.75, 3.05) is 11.4 Å². The number of ether oxygens (including phenoxy) is 1. The topological polar surface area (TPSA) is 84.7 Å². The highest BCUT2D eigenvalue weighted by molar-refractivity contribution is 6.05. The predicted molar refractivity (Wildman–Crippen MR) is 85.4 cm³/mol. The van der Waals surface area contributed by atoms with Gasteiger partial charge < -0.3 is 15.8 Å². The van der Waals surface area contributed by atoms with Gasteiger partial charge in [0.2, 0.25) is 11.8 Å². The highest BCUT2D eigenvalue weighted by Gasteiger charge is 2.41. The number of benzene rings is 1. The van der Waals surface area contributed by atoms with Crippen LogP contribution in [0.3, 0.4) is 0 Å². The Morgan fingerprint density at radius 3 is 2.46 bits per heavy atom. The zero-order valence-corrected chi connectivity index (χ0v) is 14.5. The lowest BCUT2D eigenvalue weighted by molar-refractivity contribution is -0.274. The quantitative estimate of drug-likeness (QED) is 0.726. The van der Waals surface area contributed by atoms with Crippen LogP contribution in [0.1, 0.15) is 18.9 Å². The molecule has 0 spiro atoms. The summed E-state index contributed by atoms with van der Waals surface area (Å²) in [6.07, 6.45) is -9.70. The number of nitrogens with zero attached hydrogens (tertiary/aromatic N) is 1. The van der Waals surface area contributed by atoms with Crippen molar-refractivity contribution < 1.29 is 40.7 Å². The Labute approximate surface area is 155 Å². The van der Waals surface area contributed by atoms with Crippen molar-refractivity contribution in [1.29, 1.82) is 0 Å². The average molecular weight is 413 g/mol. The molecule has 1 aliphatic heterocycles. The molecule has 0 bridgehead atoms. The number of amides is 2. The molecule has 2 rings (SSSR count). The van der Waals surface area contributed by atoms with Gasteiger partial charge in [-0.25, -0.2) is 0 Å². The number of hydrogen-bond acceptors (Lipinski definition) is 4. The summed E-state index contributed by atoms with van der Waals surface area (Å²) < 4.78 is 78.1. The van der Waals surface area contributed by atoms with E-state index in [-0.39, 0.29) is 24.1 Å². The maximum absolute atomic E-state index is 12.6. The van der Waals surface area contributed by atoms with Crippen molar-refractivity contribution in [3.05, 3.63) is 23.8 Å². The van der Waals surface area contributed by atoms with Crippen LogP contribution >= 0.6 is 0 Å². The molecule has 1 heterocycles. The molecule has 6 nitrogen and oxygen atoms in total. The Bertz CT molecular complexity index is 750. The van der Waals surface area contributed by atoms with E-state index in [0.29, 0.717) is 0 Å². The fraction of sp³-hybridized carbons (Fsp3) is 0.500. The molecule has 1 aromatic carbocycles. The van der Waals surface area contributed by atoms with Gasteiger partial charge in [0, 0.05) is 12.1 Å². The maximum Gasteiger partial charge on any atom is 0.573 e. The van der Waals surface area contributed by atoms with Gasteiger partial charge in [0.25, 0.3) is 0 Å². The highest BCUT2D eigenvalue weighted by atomic mass is 19.4. The summed E-state index contributed by atoms with van der Waals surface area (Å²) >= 11 is 0. The van der Waals surface area contributed by atoms with Crippen LogP contribution in [0, 0.1) is 0 Å². The first-order chi connectivity index (χ1) is 12.8. The summed E-state index contributed by atoms with van der Waals surface area (Å²) in [7, 11) is 0. The first-order valence-electron chi connectivity index (χ1n) is 8.14. The first-order valence-corrected chi connectivity index (χ1v) is 8.14. The molecule has 0 aromatic heterocycles. The van der Waals surface area contributed by atoms with Crippen molar-refractivity contribution >= 4 is 17.5 Å². The Morgan fingerprint density at radius 1 is 1.29 bits per heavy atom. The second-order valence-electron chi connectivity index (χ2n) is 6.11. The van der Waals surface area contributed by atoms with Crippen LogP contribution < -0.4 is 20.7 Å². The van der Waals surface area contributed by atoms with Crippen molar-refractivity contribution in [3.63, 3.8) is 0 Å². The van der Waals surface area contributed by atoms with Crippen molar-refractivity contribution in [2.24, 2.45) is 5.73 Å². The molecule has 0 fully saturated rings. The molecule has 0 saturated carbocycles. The third kappa shape index (κ3) is 5.27. The zero-order valence-electron chi connectivity index (χ0n) is 14.5. The number of fused-ring (bicyclic) bond motifs is 1. The van der Waals surface area contributed by atoms with Crippen LogP contribution in [0.25, 0.3) is 0 Å². The summed E-state index contributed by atoms with van der Waals surface area (Å²) in [5.74, 6) is -2.39. The number of hydrogen-bond donors (Lipinski definition) is 2. The maximum atomic E-state index is 12.6. The van der Waals surface area contributed by atoms with Gasteiger partial charge >= 0.3 is 12.5 Å². The zero-order chi connectivity index (χ0) is 21.3. The number of anilines is 1. The fourth-order valence-corrected chi connectivity index (χ4v) is 2.77. The lowest BCUT2D eigenvalue weighted by Crippen LogP contribution is -2.53. The smallest absolute Gasteiger partial charge is 0.406 e. The van der Waals surface area contributed by atoms with E-state index in [9.17, 15) is 35.9 Å². The van der Waals surface area contributed by atoms with E-state index >= 15 is 0 Å².